The van der Waals surface area contributed by atoms with Crippen LogP contribution in [0, 0.1) is 50.2 Å². The highest BCUT2D eigenvalue weighted by Gasteiger charge is 2.74. The van der Waals surface area contributed by atoms with Crippen LogP contribution < -0.4 is 0 Å². The van der Waals surface area contributed by atoms with Gasteiger partial charge in [0, 0.05) is 5.41 Å². The molecule has 6 aliphatic heterocycles. The Bertz CT molecular complexity index is 2700. The van der Waals surface area contributed by atoms with Crippen LogP contribution in [-0.4, -0.2) is 327 Å². The second kappa shape index (κ2) is 27.3. The third-order valence-corrected chi connectivity index (χ3v) is 24.7. The van der Waals surface area contributed by atoms with Crippen molar-refractivity contribution >= 4 is 5.97 Å². The zero-order valence-electron chi connectivity index (χ0n) is 54.4. The Hall–Kier alpha value is -1.99. The van der Waals surface area contributed by atoms with Gasteiger partial charge in [0.25, 0.3) is 0 Å². The molecule has 10 fully saturated rings. The van der Waals surface area contributed by atoms with E-state index in [9.17, 15) is 97.0 Å². The molecule has 0 aromatic carbocycles. The van der Waals surface area contributed by atoms with E-state index in [-0.39, 0.29) is 30.6 Å². The summed E-state index contributed by atoms with van der Waals surface area (Å²) < 4.78 is 72.0. The van der Waals surface area contributed by atoms with Gasteiger partial charge >= 0.3 is 5.97 Å². The van der Waals surface area contributed by atoms with Gasteiger partial charge in [-0.3, -0.25) is 4.79 Å². The van der Waals surface area contributed by atoms with Crippen molar-refractivity contribution in [2.75, 3.05) is 46.2 Å². The number of fused-ring (bicyclic) bond motifs is 7. The Morgan fingerprint density at radius 2 is 1.12 bits per heavy atom. The van der Waals surface area contributed by atoms with E-state index in [1.54, 1.807) is 6.92 Å². The summed E-state index contributed by atoms with van der Waals surface area (Å²) in [6, 6.07) is 0. The van der Waals surface area contributed by atoms with Crippen LogP contribution in [0.5, 0.6) is 0 Å². The van der Waals surface area contributed by atoms with Crippen LogP contribution in [0.2, 0.25) is 0 Å². The molecule has 0 radical (unpaired) electrons. The molecule has 0 aromatic heterocycles. The lowest BCUT2D eigenvalue weighted by atomic mass is 9.33. The molecular weight excluding hydrogens is 1270 g/mol. The van der Waals surface area contributed by atoms with E-state index in [0.717, 1.165) is 5.57 Å². The van der Waals surface area contributed by atoms with Crippen molar-refractivity contribution in [2.24, 2.45) is 50.2 Å². The lowest BCUT2D eigenvalue weighted by Crippen LogP contribution is -2.71. The molecule has 546 valence electrons. The third-order valence-electron chi connectivity index (χ3n) is 24.7. The molecule has 0 amide bonds. The van der Waals surface area contributed by atoms with Crippen molar-refractivity contribution in [3.63, 3.8) is 0 Å². The summed E-state index contributed by atoms with van der Waals surface area (Å²) in [6.45, 7) is 8.89. The number of ether oxygens (including phenoxy) is 12. The molecule has 37 atom stereocenters. The monoisotopic (exact) mass is 1370 g/mol. The number of hydrogen-bond acceptors (Lipinski definition) is 32. The van der Waals surface area contributed by atoms with E-state index < -0.39 is 269 Å². The van der Waals surface area contributed by atoms with Gasteiger partial charge in [0.1, 0.15) is 115 Å². The summed E-state index contributed by atoms with van der Waals surface area (Å²) in [5, 5.41) is 210. The molecule has 0 aromatic rings. The predicted octanol–water partition coefficient (Wildman–Crippen LogP) is -6.53. The molecule has 5 aliphatic carbocycles. The molecule has 4 saturated carbocycles. The average Bonchev–Trinajstić information content (AvgIpc) is 0.690. The van der Waals surface area contributed by atoms with Crippen LogP contribution in [0.4, 0.5) is 0 Å². The van der Waals surface area contributed by atoms with E-state index in [4.69, 9.17) is 56.8 Å². The minimum absolute atomic E-state index is 0.0498. The van der Waals surface area contributed by atoms with Crippen LogP contribution in [0.1, 0.15) is 99.8 Å². The highest BCUT2D eigenvalue weighted by Crippen LogP contribution is 2.76. The van der Waals surface area contributed by atoms with E-state index in [2.05, 4.69) is 40.7 Å². The largest absolute Gasteiger partial charge is 0.432 e. The number of hydrogen-bond donors (Lipinski definition) is 19. The van der Waals surface area contributed by atoms with E-state index in [0.29, 0.717) is 32.1 Å². The second-order valence-corrected chi connectivity index (χ2v) is 30.8. The quantitative estimate of drug-likeness (QED) is 0.0388. The van der Waals surface area contributed by atoms with Crippen LogP contribution in [0.25, 0.3) is 0 Å². The van der Waals surface area contributed by atoms with E-state index >= 15 is 4.79 Å². The molecule has 32 heteroatoms. The standard InChI is InChI=1S/C63H102O32/c1-24-44(90-50-41(78)35(72)28(69)19-84-50)45(91-55-48(81)62(83,22-67)23-86-55)43(80)52(87-24)92-46-36(73)29(70)20-85-53(46)95-56(82)63-13-12-57(2,3)14-26(63)25-8-9-33-58(4)15-27(68)49(59(5,21-66)32(58)10-11-60(33,6)61(25,7)16-34(63)71)94-54-47(40(77)38(75)31(18-65)89-54)93-51-42(79)39(76)37(74)30(17-64)88-51/h8,24,26-55,64-81,83H,9-23H2,1-7H3/t24-,26?,27-,28+,29-,30+,31+,32?,33+,34+,35-,36-,37+,38+,39-,40-,41+,42+,43+,44-,45-,46+,47+,48-,49-,50-,51-,52-,53-,54-,55-,58-,59-,60+,61+,62+,63+/m0/s1. The van der Waals surface area contributed by atoms with Gasteiger partial charge in [-0.1, -0.05) is 53.2 Å². The van der Waals surface area contributed by atoms with Gasteiger partial charge in [-0.05, 0) is 97.7 Å². The molecule has 6 heterocycles. The van der Waals surface area contributed by atoms with Crippen molar-refractivity contribution in [1.29, 1.82) is 0 Å². The number of esters is 1. The molecule has 19 N–H and O–H groups in total. The van der Waals surface area contributed by atoms with Crippen LogP contribution >= 0.6 is 0 Å². The molecule has 11 rings (SSSR count). The number of carbonyl (C=O) groups is 1. The summed E-state index contributed by atoms with van der Waals surface area (Å²) in [5.41, 5.74) is -6.89. The Morgan fingerprint density at radius 3 is 1.75 bits per heavy atom. The minimum Gasteiger partial charge on any atom is -0.432 e. The van der Waals surface area contributed by atoms with Gasteiger partial charge in [0.2, 0.25) is 6.29 Å². The van der Waals surface area contributed by atoms with Crippen LogP contribution in [0.3, 0.4) is 0 Å². The maximum atomic E-state index is 15.7. The predicted molar refractivity (Wildman–Crippen MR) is 313 cm³/mol. The maximum absolute atomic E-state index is 15.7. The average molecular weight is 1370 g/mol. The maximum Gasteiger partial charge on any atom is 0.317 e. The van der Waals surface area contributed by atoms with Gasteiger partial charge in [-0.2, -0.15) is 0 Å². The van der Waals surface area contributed by atoms with Crippen molar-refractivity contribution in [2.45, 2.75) is 277 Å². The second-order valence-electron chi connectivity index (χ2n) is 30.8. The number of aliphatic hydroxyl groups is 19. The van der Waals surface area contributed by atoms with E-state index in [1.165, 1.54) is 6.92 Å². The van der Waals surface area contributed by atoms with Crippen molar-refractivity contribution in [1.82, 2.24) is 0 Å². The molecule has 0 bridgehead atoms. The van der Waals surface area contributed by atoms with Crippen LogP contribution in [0.15, 0.2) is 11.6 Å². The number of allylic oxidation sites excluding steroid dienone is 2. The summed E-state index contributed by atoms with van der Waals surface area (Å²) in [4.78, 5) is 15.7. The Balaban J connectivity index is 0.849. The van der Waals surface area contributed by atoms with Gasteiger partial charge in [0.05, 0.1) is 70.7 Å². The summed E-state index contributed by atoms with van der Waals surface area (Å²) in [5.74, 6) is -2.22. The Morgan fingerprint density at radius 1 is 0.537 bits per heavy atom. The summed E-state index contributed by atoms with van der Waals surface area (Å²) in [7, 11) is 0. The summed E-state index contributed by atoms with van der Waals surface area (Å²) in [6.07, 6.45) is -42.9. The normalized spacial score (nSPS) is 55.5. The van der Waals surface area contributed by atoms with Gasteiger partial charge < -0.3 is 154 Å². The zero-order chi connectivity index (χ0) is 69.4. The minimum atomic E-state index is -2.20. The van der Waals surface area contributed by atoms with Gasteiger partial charge in [0.15, 0.2) is 37.6 Å². The molecule has 95 heavy (non-hydrogen) atoms. The van der Waals surface area contributed by atoms with Gasteiger partial charge in [-0.25, -0.2) is 0 Å². The number of aliphatic hydroxyl groups excluding tert-OH is 18. The molecule has 6 saturated heterocycles. The fraction of sp³-hybridized carbons (Fsp3) is 0.952. The zero-order valence-corrected chi connectivity index (χ0v) is 54.4. The van der Waals surface area contributed by atoms with Gasteiger partial charge in [-0.15, -0.1) is 0 Å². The topological polar surface area (TPSA) is 512 Å². The molecular formula is C63H102O32. The molecule has 0 spiro atoms. The number of rotatable bonds is 16. The summed E-state index contributed by atoms with van der Waals surface area (Å²) >= 11 is 0. The fourth-order valence-electron chi connectivity index (χ4n) is 18.8. The lowest BCUT2D eigenvalue weighted by Gasteiger charge is -2.72. The Kier molecular flexibility index (Phi) is 21.3. The first kappa shape index (κ1) is 74.2. The van der Waals surface area contributed by atoms with Crippen molar-refractivity contribution in [3.05, 3.63) is 11.6 Å². The highest BCUT2D eigenvalue weighted by atomic mass is 16.8. The first-order valence-electron chi connectivity index (χ1n) is 33.2. The fourth-order valence-corrected chi connectivity index (χ4v) is 18.8. The Labute approximate surface area is 548 Å². The lowest BCUT2D eigenvalue weighted by molar-refractivity contribution is -0.384. The highest BCUT2D eigenvalue weighted by molar-refractivity contribution is 5.80. The van der Waals surface area contributed by atoms with Crippen LogP contribution in [-0.2, 0) is 61.6 Å². The SMILES string of the molecule is C[C@@H]1O[C@@H](O[C@H]2[C@H](OC(=O)[C@]34CCC(C)(C)CC3C3=CC[C@@H]5[C@@]6(C)C[C@H](O)[C@H](O[C@@H]7O[C@H](CO)[C@@H](O)[C@H](O)[C@H]7O[C@@H]7O[C@H](CO)[C@@H](O)[C@H](O)[C@H]7O)[C@@](C)(CO)C6CC[C@@]5(C)[C@]3(C)C[C@H]4O)OC[C@H](O)[C@@H]2O)[C@H](O)[C@H](O[C@@H]2OC[C@](O)(CO)[C@H]2O)[C@H]1O[C@@H]1OC[C@@H](O)[C@H](O)[C@H]1O. The first-order chi connectivity index (χ1) is 44.5. The van der Waals surface area contributed by atoms with Crippen molar-refractivity contribution < 1.29 is 159 Å². The molecule has 32 nitrogen and oxygen atoms in total. The third kappa shape index (κ3) is 12.3. The smallest absolute Gasteiger partial charge is 0.317 e. The molecule has 2 unspecified atom stereocenters. The number of carbonyl (C=O) groups excluding carboxylic acids is 1. The first-order valence-corrected chi connectivity index (χ1v) is 33.2. The van der Waals surface area contributed by atoms with Crippen molar-refractivity contribution in [3.8, 4) is 0 Å². The van der Waals surface area contributed by atoms with E-state index in [1.807, 2.05) is 0 Å². The molecule has 11 aliphatic rings.